The molecule has 0 unspecified atom stereocenters. The van der Waals surface area contributed by atoms with Crippen molar-refractivity contribution >= 4 is 11.3 Å². The minimum Gasteiger partial charge on any atom is -0.315 e. The van der Waals surface area contributed by atoms with Crippen molar-refractivity contribution in [1.29, 1.82) is 0 Å². The Morgan fingerprint density at radius 2 is 1.94 bits per heavy atom. The van der Waals surface area contributed by atoms with E-state index in [1.165, 1.54) is 44.2 Å². The van der Waals surface area contributed by atoms with Crippen molar-refractivity contribution in [2.75, 3.05) is 6.54 Å². The molecule has 0 aliphatic heterocycles. The molecule has 0 radical (unpaired) electrons. The molecule has 0 aromatic carbocycles. The Bertz CT molecular complexity index is 278. The summed E-state index contributed by atoms with van der Waals surface area (Å²) in [5.74, 6) is 0. The lowest BCUT2D eigenvalue weighted by Crippen LogP contribution is -2.23. The summed E-state index contributed by atoms with van der Waals surface area (Å²) in [5, 5.41) is 5.67. The van der Waals surface area contributed by atoms with Gasteiger partial charge in [-0.1, -0.05) is 26.7 Å². The average molecular weight is 239 g/mol. The second-order valence-corrected chi connectivity index (χ2v) is 5.80. The smallest absolute Gasteiger partial charge is 0.00743 e. The van der Waals surface area contributed by atoms with Crippen molar-refractivity contribution in [1.82, 2.24) is 5.32 Å². The largest absolute Gasteiger partial charge is 0.315 e. The first kappa shape index (κ1) is 13.7. The molecule has 16 heavy (non-hydrogen) atoms. The van der Waals surface area contributed by atoms with Crippen LogP contribution in [0.1, 0.15) is 50.0 Å². The predicted octanol–water partition coefficient (Wildman–Crippen LogP) is 4.16. The molecule has 0 atom stereocenters. The number of thiophene rings is 1. The average Bonchev–Trinajstić information content (AvgIpc) is 2.62. The zero-order valence-electron chi connectivity index (χ0n) is 10.9. The fourth-order valence-corrected chi connectivity index (χ4v) is 2.77. The van der Waals surface area contributed by atoms with Crippen LogP contribution in [-0.2, 0) is 6.42 Å². The van der Waals surface area contributed by atoms with Gasteiger partial charge < -0.3 is 5.32 Å². The van der Waals surface area contributed by atoms with E-state index in [0.717, 1.165) is 0 Å². The van der Waals surface area contributed by atoms with Crippen molar-refractivity contribution in [3.8, 4) is 0 Å². The highest BCUT2D eigenvalue weighted by atomic mass is 32.1. The maximum Gasteiger partial charge on any atom is 0.00743 e. The van der Waals surface area contributed by atoms with Gasteiger partial charge in [0, 0.05) is 10.9 Å². The molecule has 0 aliphatic rings. The molecule has 2 heteroatoms. The van der Waals surface area contributed by atoms with Crippen molar-refractivity contribution < 1.29 is 0 Å². The number of rotatable bonds is 8. The molecular formula is C14H25NS. The molecular weight excluding hydrogens is 214 g/mol. The van der Waals surface area contributed by atoms with Crippen LogP contribution >= 0.6 is 11.3 Å². The van der Waals surface area contributed by atoms with E-state index >= 15 is 0 Å². The molecule has 0 saturated heterocycles. The van der Waals surface area contributed by atoms with Crippen LogP contribution in [0.5, 0.6) is 0 Å². The van der Waals surface area contributed by atoms with Crippen LogP contribution < -0.4 is 5.32 Å². The number of aryl methyl sites for hydroxylation is 2. The Balaban J connectivity index is 1.94. The summed E-state index contributed by atoms with van der Waals surface area (Å²) in [6, 6.07) is 2.86. The molecule has 0 amide bonds. The van der Waals surface area contributed by atoms with E-state index in [1.807, 2.05) is 11.3 Å². The summed E-state index contributed by atoms with van der Waals surface area (Å²) in [6.07, 6.45) is 6.69. The molecule has 1 N–H and O–H groups in total. The van der Waals surface area contributed by atoms with E-state index < -0.39 is 0 Å². The number of unbranched alkanes of at least 4 members (excludes halogenated alkanes) is 3. The molecule has 1 aromatic heterocycles. The summed E-state index contributed by atoms with van der Waals surface area (Å²) in [6.45, 7) is 7.81. The SMILES string of the molecule is Cc1ccsc1CCCCCCNC(C)C. The van der Waals surface area contributed by atoms with E-state index in [-0.39, 0.29) is 0 Å². The molecule has 0 saturated carbocycles. The Kier molecular flexibility index (Phi) is 6.74. The first-order valence-corrected chi connectivity index (χ1v) is 7.34. The molecule has 0 fully saturated rings. The zero-order valence-corrected chi connectivity index (χ0v) is 11.7. The highest BCUT2D eigenvalue weighted by Crippen LogP contribution is 2.18. The Labute approximate surface area is 104 Å². The molecule has 0 bridgehead atoms. The fourth-order valence-electron chi connectivity index (χ4n) is 1.82. The minimum atomic E-state index is 0.633. The molecule has 1 aromatic rings. The van der Waals surface area contributed by atoms with Crippen LogP contribution in [-0.4, -0.2) is 12.6 Å². The highest BCUT2D eigenvalue weighted by molar-refractivity contribution is 7.10. The number of nitrogens with one attached hydrogen (secondary N) is 1. The minimum absolute atomic E-state index is 0.633. The van der Waals surface area contributed by atoms with Gasteiger partial charge in [0.05, 0.1) is 0 Å². The standard InChI is InChI=1S/C14H25NS/c1-12(2)15-10-7-5-4-6-8-14-13(3)9-11-16-14/h9,11-12,15H,4-8,10H2,1-3H3. The maximum absolute atomic E-state index is 3.46. The van der Waals surface area contributed by atoms with Crippen LogP contribution in [0.25, 0.3) is 0 Å². The van der Waals surface area contributed by atoms with E-state index in [0.29, 0.717) is 6.04 Å². The summed E-state index contributed by atoms with van der Waals surface area (Å²) >= 11 is 1.91. The Morgan fingerprint density at radius 3 is 2.56 bits per heavy atom. The van der Waals surface area contributed by atoms with Crippen LogP contribution in [0.3, 0.4) is 0 Å². The third-order valence-corrected chi connectivity index (χ3v) is 3.93. The van der Waals surface area contributed by atoms with Crippen LogP contribution in [0.15, 0.2) is 11.4 Å². The Morgan fingerprint density at radius 1 is 1.19 bits per heavy atom. The maximum atomic E-state index is 3.46. The van der Waals surface area contributed by atoms with Crippen LogP contribution in [0.2, 0.25) is 0 Å². The van der Waals surface area contributed by atoms with Gasteiger partial charge in [0.15, 0.2) is 0 Å². The molecule has 1 heterocycles. The van der Waals surface area contributed by atoms with Crippen LogP contribution in [0.4, 0.5) is 0 Å². The summed E-state index contributed by atoms with van der Waals surface area (Å²) < 4.78 is 0. The third kappa shape index (κ3) is 5.66. The highest BCUT2D eigenvalue weighted by Gasteiger charge is 1.99. The normalized spacial score (nSPS) is 11.2. The van der Waals surface area contributed by atoms with Gasteiger partial charge in [-0.2, -0.15) is 0 Å². The first-order valence-electron chi connectivity index (χ1n) is 6.46. The van der Waals surface area contributed by atoms with Gasteiger partial charge in [0.2, 0.25) is 0 Å². The van der Waals surface area contributed by atoms with Gasteiger partial charge in [0.25, 0.3) is 0 Å². The first-order chi connectivity index (χ1) is 7.70. The molecule has 1 rings (SSSR count). The van der Waals surface area contributed by atoms with Crippen molar-refractivity contribution in [2.45, 2.75) is 58.9 Å². The van der Waals surface area contributed by atoms with E-state index in [2.05, 4.69) is 37.5 Å². The van der Waals surface area contributed by atoms with Gasteiger partial charge in [-0.15, -0.1) is 11.3 Å². The van der Waals surface area contributed by atoms with Crippen molar-refractivity contribution in [3.05, 3.63) is 21.9 Å². The molecule has 0 aliphatic carbocycles. The molecule has 1 nitrogen and oxygen atoms in total. The second-order valence-electron chi connectivity index (χ2n) is 4.80. The fraction of sp³-hybridized carbons (Fsp3) is 0.714. The lowest BCUT2D eigenvalue weighted by atomic mass is 10.1. The van der Waals surface area contributed by atoms with Gasteiger partial charge in [-0.25, -0.2) is 0 Å². The van der Waals surface area contributed by atoms with Crippen molar-refractivity contribution in [2.24, 2.45) is 0 Å². The lowest BCUT2D eigenvalue weighted by Gasteiger charge is -2.07. The van der Waals surface area contributed by atoms with E-state index in [4.69, 9.17) is 0 Å². The summed E-state index contributed by atoms with van der Waals surface area (Å²) in [7, 11) is 0. The van der Waals surface area contributed by atoms with E-state index in [1.54, 1.807) is 4.88 Å². The monoisotopic (exact) mass is 239 g/mol. The van der Waals surface area contributed by atoms with Crippen molar-refractivity contribution in [3.63, 3.8) is 0 Å². The second kappa shape index (κ2) is 7.86. The Hall–Kier alpha value is -0.340. The van der Waals surface area contributed by atoms with E-state index in [9.17, 15) is 0 Å². The summed E-state index contributed by atoms with van der Waals surface area (Å²) in [5.41, 5.74) is 1.48. The molecule has 92 valence electrons. The number of hydrogen-bond donors (Lipinski definition) is 1. The van der Waals surface area contributed by atoms with Gasteiger partial charge in [0.1, 0.15) is 0 Å². The zero-order chi connectivity index (χ0) is 11.8. The van der Waals surface area contributed by atoms with Gasteiger partial charge in [-0.3, -0.25) is 0 Å². The summed E-state index contributed by atoms with van der Waals surface area (Å²) in [4.78, 5) is 1.58. The quantitative estimate of drug-likeness (QED) is 0.672. The predicted molar refractivity (Wildman–Crippen MR) is 74.4 cm³/mol. The lowest BCUT2D eigenvalue weighted by molar-refractivity contribution is 0.542. The number of hydrogen-bond acceptors (Lipinski definition) is 2. The topological polar surface area (TPSA) is 12.0 Å². The molecule has 0 spiro atoms. The van der Waals surface area contributed by atoms with Crippen LogP contribution in [0, 0.1) is 6.92 Å². The third-order valence-electron chi connectivity index (χ3n) is 2.85. The van der Waals surface area contributed by atoms with Gasteiger partial charge >= 0.3 is 0 Å². The van der Waals surface area contributed by atoms with Gasteiger partial charge in [-0.05, 0) is 49.7 Å².